The zero-order valence-corrected chi connectivity index (χ0v) is 12.6. The number of halogens is 2. The van der Waals surface area contributed by atoms with Crippen molar-refractivity contribution in [3.63, 3.8) is 0 Å². The molecule has 2 heterocycles. The van der Waals surface area contributed by atoms with Gasteiger partial charge in [-0.15, -0.1) is 24.8 Å². The van der Waals surface area contributed by atoms with E-state index in [1.807, 2.05) is 0 Å². The molecule has 2 saturated heterocycles. The lowest BCUT2D eigenvalue weighted by Crippen LogP contribution is -2.51. The second-order valence-corrected chi connectivity index (χ2v) is 4.89. The summed E-state index contributed by atoms with van der Waals surface area (Å²) in [5.41, 5.74) is 0. The maximum Gasteiger partial charge on any atom is 0.237 e. The van der Waals surface area contributed by atoms with Gasteiger partial charge in [0.2, 0.25) is 5.91 Å². The summed E-state index contributed by atoms with van der Waals surface area (Å²) in [4.78, 5) is 14.3. The summed E-state index contributed by atoms with van der Waals surface area (Å²) in [6.07, 6.45) is 4.46. The number of amides is 1. The molecule has 2 fully saturated rings. The van der Waals surface area contributed by atoms with Crippen molar-refractivity contribution in [2.45, 2.75) is 44.7 Å². The molecule has 2 aliphatic heterocycles. The largest absolute Gasteiger partial charge is 0.351 e. The highest BCUT2D eigenvalue weighted by atomic mass is 35.5. The van der Waals surface area contributed by atoms with Crippen molar-refractivity contribution in [1.29, 1.82) is 0 Å². The summed E-state index contributed by atoms with van der Waals surface area (Å²) in [5, 5.41) is 6.43. The lowest BCUT2D eigenvalue weighted by molar-refractivity contribution is -0.123. The molecule has 0 aromatic rings. The number of likely N-dealkylation sites (tertiary alicyclic amines) is 1. The smallest absolute Gasteiger partial charge is 0.237 e. The Morgan fingerprint density at radius 3 is 2.72 bits per heavy atom. The maximum absolute atomic E-state index is 11.9. The molecule has 6 heteroatoms. The van der Waals surface area contributed by atoms with Crippen LogP contribution in [0, 0.1) is 0 Å². The third kappa shape index (κ3) is 4.92. The summed E-state index contributed by atoms with van der Waals surface area (Å²) in [5.74, 6) is 0.209. The van der Waals surface area contributed by atoms with E-state index in [2.05, 4.69) is 22.5 Å². The highest BCUT2D eigenvalue weighted by molar-refractivity contribution is 5.85. The summed E-state index contributed by atoms with van der Waals surface area (Å²) in [7, 11) is 0. The Balaban J connectivity index is 0.00000144. The van der Waals surface area contributed by atoms with Crippen LogP contribution >= 0.6 is 24.8 Å². The van der Waals surface area contributed by atoms with Crippen LogP contribution in [0.25, 0.3) is 0 Å². The van der Waals surface area contributed by atoms with E-state index < -0.39 is 0 Å². The second kappa shape index (κ2) is 8.97. The Labute approximate surface area is 122 Å². The number of piperidine rings is 1. The number of rotatable bonds is 3. The molecular weight excluding hydrogens is 273 g/mol. The fourth-order valence-electron chi connectivity index (χ4n) is 2.67. The molecule has 2 rings (SSSR count). The van der Waals surface area contributed by atoms with E-state index in [1.54, 1.807) is 0 Å². The Bertz CT molecular complexity index is 247. The Morgan fingerprint density at radius 1 is 1.33 bits per heavy atom. The van der Waals surface area contributed by atoms with Crippen LogP contribution in [0.3, 0.4) is 0 Å². The monoisotopic (exact) mass is 297 g/mol. The van der Waals surface area contributed by atoms with Gasteiger partial charge in [-0.1, -0.05) is 6.92 Å². The van der Waals surface area contributed by atoms with Crippen LogP contribution < -0.4 is 10.6 Å². The molecule has 0 aromatic heterocycles. The first-order valence-electron chi connectivity index (χ1n) is 6.55. The quantitative estimate of drug-likeness (QED) is 0.822. The first-order chi connectivity index (χ1) is 7.79. The van der Waals surface area contributed by atoms with E-state index >= 15 is 0 Å². The van der Waals surface area contributed by atoms with Crippen LogP contribution in [0.2, 0.25) is 0 Å². The number of hydrogen-bond acceptors (Lipinski definition) is 3. The number of likely N-dealkylation sites (N-methyl/N-ethyl adjacent to an activating group) is 1. The molecule has 0 saturated carbocycles. The predicted octanol–water partition coefficient (Wildman–Crippen LogP) is 1.18. The van der Waals surface area contributed by atoms with E-state index in [9.17, 15) is 4.79 Å². The number of carbonyl (C=O) groups excluding carboxylic acids is 1. The number of hydrogen-bond donors (Lipinski definition) is 2. The van der Waals surface area contributed by atoms with Crippen molar-refractivity contribution in [3.8, 4) is 0 Å². The third-order valence-corrected chi connectivity index (χ3v) is 3.68. The summed E-state index contributed by atoms with van der Waals surface area (Å²) in [6, 6.07) is 0.431. The third-order valence-electron chi connectivity index (χ3n) is 3.68. The number of nitrogens with zero attached hydrogens (tertiary/aromatic N) is 1. The molecule has 1 amide bonds. The molecule has 18 heavy (non-hydrogen) atoms. The molecule has 2 N–H and O–H groups in total. The van der Waals surface area contributed by atoms with Crippen molar-refractivity contribution < 1.29 is 4.79 Å². The first kappa shape index (κ1) is 18.0. The molecule has 2 atom stereocenters. The van der Waals surface area contributed by atoms with Gasteiger partial charge in [-0.2, -0.15) is 0 Å². The molecule has 0 aromatic carbocycles. The van der Waals surface area contributed by atoms with Crippen molar-refractivity contribution >= 4 is 30.7 Å². The Morgan fingerprint density at radius 2 is 2.11 bits per heavy atom. The topological polar surface area (TPSA) is 44.4 Å². The molecule has 108 valence electrons. The van der Waals surface area contributed by atoms with Gasteiger partial charge in [0.25, 0.3) is 0 Å². The van der Waals surface area contributed by atoms with Gasteiger partial charge in [0, 0.05) is 12.6 Å². The average molecular weight is 298 g/mol. The van der Waals surface area contributed by atoms with E-state index in [4.69, 9.17) is 0 Å². The van der Waals surface area contributed by atoms with Gasteiger partial charge < -0.3 is 15.5 Å². The van der Waals surface area contributed by atoms with Gasteiger partial charge in [0.15, 0.2) is 0 Å². The number of nitrogens with one attached hydrogen (secondary N) is 2. The Kier molecular flexibility index (Phi) is 8.95. The van der Waals surface area contributed by atoms with Gasteiger partial charge in [0.05, 0.1) is 6.04 Å². The van der Waals surface area contributed by atoms with E-state index in [-0.39, 0.29) is 36.8 Å². The van der Waals surface area contributed by atoms with Gasteiger partial charge in [-0.3, -0.25) is 4.79 Å². The molecule has 0 spiro atoms. The van der Waals surface area contributed by atoms with E-state index in [1.165, 1.54) is 13.0 Å². The zero-order chi connectivity index (χ0) is 11.4. The normalized spacial score (nSPS) is 28.1. The minimum absolute atomic E-state index is 0. The number of carbonyl (C=O) groups is 1. The lowest BCUT2D eigenvalue weighted by Gasteiger charge is -2.32. The van der Waals surface area contributed by atoms with E-state index in [0.29, 0.717) is 6.04 Å². The molecule has 0 bridgehead atoms. The molecule has 4 nitrogen and oxygen atoms in total. The van der Waals surface area contributed by atoms with Gasteiger partial charge >= 0.3 is 0 Å². The minimum Gasteiger partial charge on any atom is -0.351 e. The molecule has 2 unspecified atom stereocenters. The van der Waals surface area contributed by atoms with Crippen LogP contribution in [0.5, 0.6) is 0 Å². The highest BCUT2D eigenvalue weighted by Gasteiger charge is 2.26. The van der Waals surface area contributed by atoms with E-state index in [0.717, 1.165) is 38.9 Å². The zero-order valence-electron chi connectivity index (χ0n) is 11.0. The summed E-state index contributed by atoms with van der Waals surface area (Å²) >= 11 is 0. The fourth-order valence-corrected chi connectivity index (χ4v) is 2.67. The van der Waals surface area contributed by atoms with Crippen LogP contribution in [0.15, 0.2) is 0 Å². The molecule has 0 aliphatic carbocycles. The fraction of sp³-hybridized carbons (Fsp3) is 0.917. The average Bonchev–Trinajstić information content (AvgIpc) is 2.83. The Hall–Kier alpha value is -0.0300. The van der Waals surface area contributed by atoms with Crippen LogP contribution in [0.4, 0.5) is 0 Å². The van der Waals surface area contributed by atoms with Crippen LogP contribution in [-0.2, 0) is 4.79 Å². The lowest BCUT2D eigenvalue weighted by atomic mass is 10.1. The minimum atomic E-state index is 0. The van der Waals surface area contributed by atoms with Crippen molar-refractivity contribution in [1.82, 2.24) is 15.5 Å². The SMILES string of the molecule is CCN1CCCC(NC(=O)C2CCCN2)C1.Cl.Cl. The maximum atomic E-state index is 11.9. The van der Waals surface area contributed by atoms with Gasteiger partial charge in [-0.25, -0.2) is 0 Å². The van der Waals surface area contributed by atoms with Crippen LogP contribution in [0.1, 0.15) is 32.6 Å². The summed E-state index contributed by atoms with van der Waals surface area (Å²) < 4.78 is 0. The van der Waals surface area contributed by atoms with Crippen molar-refractivity contribution in [2.24, 2.45) is 0 Å². The standard InChI is InChI=1S/C12H23N3O.2ClH/c1-2-15-8-4-5-10(9-15)14-12(16)11-6-3-7-13-11;;/h10-11,13H,2-9H2,1H3,(H,14,16);2*1H. The predicted molar refractivity (Wildman–Crippen MR) is 78.8 cm³/mol. The first-order valence-corrected chi connectivity index (χ1v) is 6.55. The van der Waals surface area contributed by atoms with Crippen molar-refractivity contribution in [2.75, 3.05) is 26.2 Å². The molecular formula is C12H25Cl2N3O. The van der Waals surface area contributed by atoms with Crippen LogP contribution in [-0.4, -0.2) is 49.1 Å². The van der Waals surface area contributed by atoms with Gasteiger partial charge in [-0.05, 0) is 45.3 Å². The highest BCUT2D eigenvalue weighted by Crippen LogP contribution is 2.11. The summed E-state index contributed by atoms with van der Waals surface area (Å²) in [6.45, 7) is 6.47. The van der Waals surface area contributed by atoms with Gasteiger partial charge in [0.1, 0.15) is 0 Å². The van der Waals surface area contributed by atoms with Crippen molar-refractivity contribution in [3.05, 3.63) is 0 Å². The molecule has 0 radical (unpaired) electrons. The molecule has 2 aliphatic rings. The second-order valence-electron chi connectivity index (χ2n) is 4.89.